The van der Waals surface area contributed by atoms with Crippen LogP contribution in [0.5, 0.6) is 0 Å². The van der Waals surface area contributed by atoms with Crippen LogP contribution < -0.4 is 10.9 Å². The Balaban J connectivity index is 5.02. The number of ether oxygens (including phenoxy) is 1. The van der Waals surface area contributed by atoms with E-state index in [2.05, 4.69) is 0 Å². The number of hydrogen-bond donors (Lipinski definition) is 2. The second-order valence-corrected chi connectivity index (χ2v) is 4.21. The normalized spacial score (nSPS) is 19.5. The van der Waals surface area contributed by atoms with Crippen molar-refractivity contribution in [2.75, 3.05) is 0 Å². The lowest BCUT2D eigenvalue weighted by atomic mass is 9.96. The van der Waals surface area contributed by atoms with Gasteiger partial charge in [-0.15, -0.1) is 0 Å². The maximum atomic E-state index is 11.9. The van der Waals surface area contributed by atoms with Gasteiger partial charge in [0.2, 0.25) is 5.91 Å². The molecule has 0 saturated heterocycles. The summed E-state index contributed by atoms with van der Waals surface area (Å²) in [7, 11) is 0. The Kier molecular flexibility index (Phi) is 1.91. The van der Waals surface area contributed by atoms with Crippen molar-refractivity contribution < 1.29 is 22.6 Å². The van der Waals surface area contributed by atoms with Gasteiger partial charge < -0.3 is 4.74 Å². The van der Waals surface area contributed by atoms with Crippen molar-refractivity contribution in [1.82, 2.24) is 10.9 Å². The molecule has 0 rings (SSSR count). The van der Waals surface area contributed by atoms with Gasteiger partial charge in [0.05, 0.1) is 0 Å². The Labute approximate surface area is 99.0 Å². The largest absolute Gasteiger partial charge is 0.443 e. The van der Waals surface area contributed by atoms with Gasteiger partial charge in [0.15, 0.2) is 0 Å². The Morgan fingerprint density at radius 1 is 1.13 bits per heavy atom. The van der Waals surface area contributed by atoms with Crippen LogP contribution in [0.25, 0.3) is 0 Å². The van der Waals surface area contributed by atoms with Gasteiger partial charge in [0.1, 0.15) is 5.60 Å². The number of rotatable bonds is 0. The quantitative estimate of drug-likeness (QED) is 0.612. The van der Waals surface area contributed by atoms with Crippen molar-refractivity contribution >= 4 is 12.0 Å². The summed E-state index contributed by atoms with van der Waals surface area (Å²) in [5.74, 6) is -1.35. The van der Waals surface area contributed by atoms with Crippen molar-refractivity contribution in [3.05, 3.63) is 0 Å². The van der Waals surface area contributed by atoms with Gasteiger partial charge in [-0.05, 0) is 20.8 Å². The van der Waals surface area contributed by atoms with Gasteiger partial charge >= 0.3 is 6.09 Å². The molecule has 2 N–H and O–H groups in total. The first kappa shape index (κ1) is 6.35. The fraction of sp³-hybridized carbons (Fsp3) is 0.800. The topological polar surface area (TPSA) is 67.4 Å². The minimum atomic E-state index is -3.09. The highest BCUT2D eigenvalue weighted by Gasteiger charge is 2.22. The molecular weight excluding hydrogens is 196 g/mol. The van der Waals surface area contributed by atoms with Gasteiger partial charge in [-0.3, -0.25) is 10.2 Å². The van der Waals surface area contributed by atoms with Crippen LogP contribution in [0.3, 0.4) is 0 Å². The molecular formula is C10H20N2O3. The molecule has 0 radical (unpaired) electrons. The summed E-state index contributed by atoms with van der Waals surface area (Å²) < 4.78 is 48.4. The van der Waals surface area contributed by atoms with E-state index in [1.807, 2.05) is 5.43 Å². The standard InChI is InChI=1S/C10H20N2O3/c1-9(2,3)7(13)11-12-8(14)15-10(4,5)6/h1-6H3,(H,11,13)(H,12,14)/i1D3,2D3. The van der Waals surface area contributed by atoms with Crippen LogP contribution in [-0.4, -0.2) is 17.6 Å². The van der Waals surface area contributed by atoms with Crippen LogP contribution >= 0.6 is 0 Å². The van der Waals surface area contributed by atoms with Gasteiger partial charge in [-0.2, -0.15) is 0 Å². The number of nitrogens with one attached hydrogen (secondary N) is 2. The molecule has 15 heavy (non-hydrogen) atoms. The molecule has 0 atom stereocenters. The highest BCUT2D eigenvalue weighted by Crippen LogP contribution is 2.11. The van der Waals surface area contributed by atoms with Crippen molar-refractivity contribution in [3.63, 3.8) is 0 Å². The lowest BCUT2D eigenvalue weighted by Crippen LogP contribution is -2.48. The first-order valence-electron chi connectivity index (χ1n) is 7.32. The van der Waals surface area contributed by atoms with E-state index in [-0.39, 0.29) is 0 Å². The van der Waals surface area contributed by atoms with Crippen LogP contribution in [-0.2, 0) is 9.53 Å². The maximum absolute atomic E-state index is 11.9. The number of carbonyl (C=O) groups is 2. The van der Waals surface area contributed by atoms with E-state index in [0.29, 0.717) is 0 Å². The summed E-state index contributed by atoms with van der Waals surface area (Å²) in [6.07, 6.45) is -1.03. The van der Waals surface area contributed by atoms with E-state index >= 15 is 0 Å². The molecule has 5 nitrogen and oxygen atoms in total. The van der Waals surface area contributed by atoms with E-state index in [1.54, 1.807) is 26.2 Å². The molecule has 88 valence electrons. The zero-order valence-corrected chi connectivity index (χ0v) is 9.22. The molecule has 0 aliphatic rings. The van der Waals surface area contributed by atoms with Crippen LogP contribution in [0, 0.1) is 5.41 Å². The first-order chi connectivity index (χ1) is 9.02. The third-order valence-electron chi connectivity index (χ3n) is 1.13. The van der Waals surface area contributed by atoms with E-state index in [9.17, 15) is 9.59 Å². The molecule has 0 aromatic heterocycles. The lowest BCUT2D eigenvalue weighted by Gasteiger charge is -2.21. The third kappa shape index (κ3) is 6.76. The number of hydrazine groups is 1. The molecule has 2 amide bonds. The predicted octanol–water partition coefficient (Wildman–Crippen LogP) is 1.59. The van der Waals surface area contributed by atoms with E-state index in [1.165, 1.54) is 0 Å². The Hall–Kier alpha value is -1.26. The minimum absolute atomic E-state index is 0.791. The number of carbonyl (C=O) groups excluding carboxylic acids is 2. The average Bonchev–Trinajstić information content (AvgIpc) is 2.18. The molecule has 0 aliphatic carbocycles. The number of amides is 2. The van der Waals surface area contributed by atoms with Crippen molar-refractivity contribution in [2.45, 2.75) is 47.0 Å². The van der Waals surface area contributed by atoms with E-state index < -0.39 is 36.7 Å². The molecule has 0 unspecified atom stereocenters. The predicted molar refractivity (Wildman–Crippen MR) is 57.0 cm³/mol. The molecule has 0 bridgehead atoms. The second kappa shape index (κ2) is 4.51. The van der Waals surface area contributed by atoms with Crippen LogP contribution in [0.15, 0.2) is 0 Å². The molecule has 0 fully saturated rings. The summed E-state index contributed by atoms with van der Waals surface area (Å²) in [5.41, 5.74) is 0.105. The Morgan fingerprint density at radius 2 is 1.67 bits per heavy atom. The molecule has 5 heteroatoms. The Morgan fingerprint density at radius 3 is 2.07 bits per heavy atom. The van der Waals surface area contributed by atoms with Gasteiger partial charge in [-0.25, -0.2) is 10.2 Å². The Bertz CT molecular complexity index is 396. The van der Waals surface area contributed by atoms with Gasteiger partial charge in [0.25, 0.3) is 0 Å². The van der Waals surface area contributed by atoms with Crippen molar-refractivity contribution in [2.24, 2.45) is 5.41 Å². The maximum Gasteiger partial charge on any atom is 0.426 e. The smallest absolute Gasteiger partial charge is 0.426 e. The zero-order valence-electron chi connectivity index (χ0n) is 15.2. The van der Waals surface area contributed by atoms with Crippen LogP contribution in [0.2, 0.25) is 0 Å². The number of hydrogen-bond acceptors (Lipinski definition) is 3. The van der Waals surface area contributed by atoms with E-state index in [4.69, 9.17) is 13.0 Å². The van der Waals surface area contributed by atoms with Gasteiger partial charge in [0, 0.05) is 13.6 Å². The summed E-state index contributed by atoms with van der Waals surface area (Å²) >= 11 is 0. The van der Waals surface area contributed by atoms with Gasteiger partial charge in [-0.1, -0.05) is 20.6 Å². The van der Waals surface area contributed by atoms with Crippen LogP contribution in [0.1, 0.15) is 49.6 Å². The fourth-order valence-corrected chi connectivity index (χ4v) is 0.536. The molecule has 0 saturated carbocycles. The summed E-state index contributed by atoms with van der Waals surface area (Å²) in [5, 5.41) is 0. The van der Waals surface area contributed by atoms with E-state index in [0.717, 1.165) is 6.92 Å². The molecule has 0 aliphatic heterocycles. The van der Waals surface area contributed by atoms with Crippen LogP contribution in [0.4, 0.5) is 4.79 Å². The molecule has 0 spiro atoms. The zero-order chi connectivity index (χ0) is 17.3. The van der Waals surface area contributed by atoms with Crippen molar-refractivity contribution in [3.8, 4) is 0 Å². The molecule has 0 aromatic carbocycles. The fourth-order valence-electron chi connectivity index (χ4n) is 0.536. The molecule has 0 heterocycles. The highest BCUT2D eigenvalue weighted by molar-refractivity contribution is 5.83. The average molecular weight is 222 g/mol. The molecule has 0 aromatic rings. The SMILES string of the molecule is [2H]C([2H])([2H])C(C)(C(=O)NNC(=O)OC(C)(C)C)C([2H])([2H])[2H]. The lowest BCUT2D eigenvalue weighted by molar-refractivity contribution is -0.129. The second-order valence-electron chi connectivity index (χ2n) is 4.21. The van der Waals surface area contributed by atoms with Crippen molar-refractivity contribution in [1.29, 1.82) is 0 Å². The monoisotopic (exact) mass is 222 g/mol. The summed E-state index contributed by atoms with van der Waals surface area (Å²) in [6.45, 7) is -0.620. The minimum Gasteiger partial charge on any atom is -0.443 e. The third-order valence-corrected chi connectivity index (χ3v) is 1.13. The summed E-state index contributed by atoms with van der Waals surface area (Å²) in [6, 6.07) is 0. The summed E-state index contributed by atoms with van der Waals surface area (Å²) in [4.78, 5) is 23.3. The first-order valence-corrected chi connectivity index (χ1v) is 4.32. The highest BCUT2D eigenvalue weighted by atomic mass is 16.6.